The van der Waals surface area contributed by atoms with Crippen LogP contribution in [-0.2, 0) is 0 Å². The maximum atomic E-state index is 2.38. The van der Waals surface area contributed by atoms with Gasteiger partial charge in [0, 0.05) is 0 Å². The summed E-state index contributed by atoms with van der Waals surface area (Å²) in [6.45, 7) is 14.3. The predicted molar refractivity (Wildman–Crippen MR) is 59.7 cm³/mol. The van der Waals surface area contributed by atoms with Crippen molar-refractivity contribution in [1.82, 2.24) is 0 Å². The van der Waals surface area contributed by atoms with Crippen molar-refractivity contribution in [2.24, 2.45) is 16.2 Å². The van der Waals surface area contributed by atoms with Gasteiger partial charge in [0.2, 0.25) is 0 Å². The van der Waals surface area contributed by atoms with Gasteiger partial charge in [0.15, 0.2) is 0 Å². The Labute approximate surface area is 83.4 Å². The molecule has 1 aliphatic rings. The molecule has 0 fully saturated rings. The fraction of sp³-hybridized carbons (Fsp3) is 0.846. The minimum atomic E-state index is 0.398. The third-order valence-corrected chi connectivity index (χ3v) is 3.97. The van der Waals surface area contributed by atoms with Crippen molar-refractivity contribution in [1.29, 1.82) is 0 Å². The average Bonchev–Trinajstić information content (AvgIpc) is 2.28. The van der Waals surface area contributed by atoms with Gasteiger partial charge in [-0.25, -0.2) is 0 Å². The van der Waals surface area contributed by atoms with E-state index in [1.165, 1.54) is 12.8 Å². The number of allylic oxidation sites excluding steroid dienone is 2. The van der Waals surface area contributed by atoms with Crippen LogP contribution < -0.4 is 0 Å². The zero-order chi connectivity index (χ0) is 10.3. The van der Waals surface area contributed by atoms with Crippen molar-refractivity contribution in [2.45, 2.75) is 54.4 Å². The highest BCUT2D eigenvalue weighted by Gasteiger charge is 2.49. The zero-order valence-electron chi connectivity index (χ0n) is 10.1. The second-order valence-corrected chi connectivity index (χ2v) is 6.46. The van der Waals surface area contributed by atoms with Gasteiger partial charge in [0.25, 0.3) is 0 Å². The van der Waals surface area contributed by atoms with Crippen molar-refractivity contribution in [3.63, 3.8) is 0 Å². The summed E-state index contributed by atoms with van der Waals surface area (Å²) in [7, 11) is 0. The minimum absolute atomic E-state index is 0.398. The number of rotatable bonds is 0. The molecule has 1 rings (SSSR count). The van der Waals surface area contributed by atoms with Crippen molar-refractivity contribution in [2.75, 3.05) is 0 Å². The second kappa shape index (κ2) is 2.87. The van der Waals surface area contributed by atoms with Crippen molar-refractivity contribution in [3.8, 4) is 0 Å². The molecule has 0 saturated heterocycles. The molecule has 0 aliphatic heterocycles. The minimum Gasteiger partial charge on any atom is -0.0879 e. The van der Waals surface area contributed by atoms with Crippen LogP contribution in [0.15, 0.2) is 12.2 Å². The quantitative estimate of drug-likeness (QED) is 0.484. The summed E-state index contributed by atoms with van der Waals surface area (Å²) in [6.07, 6.45) is 7.22. The fourth-order valence-electron chi connectivity index (χ4n) is 3.00. The summed E-state index contributed by atoms with van der Waals surface area (Å²) in [5, 5.41) is 0. The van der Waals surface area contributed by atoms with Crippen molar-refractivity contribution in [3.05, 3.63) is 12.2 Å². The van der Waals surface area contributed by atoms with E-state index in [-0.39, 0.29) is 0 Å². The van der Waals surface area contributed by atoms with Crippen molar-refractivity contribution >= 4 is 0 Å². The lowest BCUT2D eigenvalue weighted by molar-refractivity contribution is -0.0196. The SMILES string of the molecule is CC(C)(C)C1(C(C)(C)C)CC=CC1. The van der Waals surface area contributed by atoms with Crippen LogP contribution in [0.2, 0.25) is 0 Å². The third kappa shape index (κ3) is 1.56. The van der Waals surface area contributed by atoms with Gasteiger partial charge < -0.3 is 0 Å². The first-order chi connectivity index (χ1) is 5.71. The largest absolute Gasteiger partial charge is 0.0879 e. The highest BCUT2D eigenvalue weighted by atomic mass is 14.5. The van der Waals surface area contributed by atoms with Gasteiger partial charge in [-0.2, -0.15) is 0 Å². The smallest absolute Gasteiger partial charge is 0.0131 e. The first-order valence-corrected chi connectivity index (χ1v) is 5.36. The molecule has 0 heterocycles. The standard InChI is InChI=1S/C13H24/c1-11(2,3)13(12(4,5)6)9-7-8-10-13/h7-8H,9-10H2,1-6H3. The van der Waals surface area contributed by atoms with E-state index < -0.39 is 0 Å². The third-order valence-electron chi connectivity index (χ3n) is 3.97. The van der Waals surface area contributed by atoms with Crippen LogP contribution in [0.4, 0.5) is 0 Å². The van der Waals surface area contributed by atoms with Crippen LogP contribution in [-0.4, -0.2) is 0 Å². The Hall–Kier alpha value is -0.260. The maximum absolute atomic E-state index is 2.38. The molecule has 0 nitrogen and oxygen atoms in total. The monoisotopic (exact) mass is 180 g/mol. The molecule has 0 aromatic rings. The molecule has 0 heteroatoms. The van der Waals surface area contributed by atoms with Gasteiger partial charge in [-0.3, -0.25) is 0 Å². The summed E-state index contributed by atoms with van der Waals surface area (Å²) in [6, 6.07) is 0. The molecule has 0 saturated carbocycles. The Bertz CT molecular complexity index is 183. The Morgan fingerprint density at radius 1 is 0.769 bits per heavy atom. The van der Waals surface area contributed by atoms with Gasteiger partial charge in [0.05, 0.1) is 0 Å². The van der Waals surface area contributed by atoms with Crippen LogP contribution in [0.5, 0.6) is 0 Å². The van der Waals surface area contributed by atoms with E-state index in [0.29, 0.717) is 16.2 Å². The van der Waals surface area contributed by atoms with Gasteiger partial charge >= 0.3 is 0 Å². The summed E-state index contributed by atoms with van der Waals surface area (Å²) >= 11 is 0. The lowest BCUT2D eigenvalue weighted by atomic mass is 9.53. The molecule has 0 unspecified atom stereocenters. The van der Waals surface area contributed by atoms with Gasteiger partial charge in [-0.05, 0) is 29.1 Å². The maximum Gasteiger partial charge on any atom is -0.0131 e. The Balaban J connectivity index is 3.04. The van der Waals surface area contributed by atoms with E-state index in [1.807, 2.05) is 0 Å². The molecule has 0 radical (unpaired) electrons. The van der Waals surface area contributed by atoms with E-state index in [1.54, 1.807) is 0 Å². The highest BCUT2D eigenvalue weighted by molar-refractivity contribution is 5.11. The van der Waals surface area contributed by atoms with Gasteiger partial charge in [-0.1, -0.05) is 53.7 Å². The molecule has 0 aromatic carbocycles. The van der Waals surface area contributed by atoms with E-state index in [9.17, 15) is 0 Å². The molecule has 13 heavy (non-hydrogen) atoms. The van der Waals surface area contributed by atoms with E-state index in [0.717, 1.165) is 0 Å². The Morgan fingerprint density at radius 2 is 1.08 bits per heavy atom. The second-order valence-electron chi connectivity index (χ2n) is 6.46. The predicted octanol–water partition coefficient (Wildman–Crippen LogP) is 4.42. The molecule has 0 atom stereocenters. The Kier molecular flexibility index (Phi) is 2.38. The highest BCUT2D eigenvalue weighted by Crippen LogP contribution is 2.58. The molecule has 1 aliphatic carbocycles. The van der Waals surface area contributed by atoms with E-state index in [2.05, 4.69) is 53.7 Å². The molecule has 0 bridgehead atoms. The van der Waals surface area contributed by atoms with Crippen LogP contribution in [0, 0.1) is 16.2 Å². The van der Waals surface area contributed by atoms with E-state index in [4.69, 9.17) is 0 Å². The molecule has 0 amide bonds. The summed E-state index contributed by atoms with van der Waals surface area (Å²) in [5.74, 6) is 0. The molecular weight excluding hydrogens is 156 g/mol. The lowest BCUT2D eigenvalue weighted by Gasteiger charge is -2.52. The summed E-state index contributed by atoms with van der Waals surface area (Å²) < 4.78 is 0. The lowest BCUT2D eigenvalue weighted by Crippen LogP contribution is -2.44. The van der Waals surface area contributed by atoms with Crippen LogP contribution in [0.1, 0.15) is 54.4 Å². The fourth-order valence-corrected chi connectivity index (χ4v) is 3.00. The summed E-state index contributed by atoms with van der Waals surface area (Å²) in [4.78, 5) is 0. The number of hydrogen-bond acceptors (Lipinski definition) is 0. The van der Waals surface area contributed by atoms with E-state index >= 15 is 0 Å². The topological polar surface area (TPSA) is 0 Å². The molecular formula is C13H24. The molecule has 0 spiro atoms. The number of hydrogen-bond donors (Lipinski definition) is 0. The first-order valence-electron chi connectivity index (χ1n) is 5.36. The van der Waals surface area contributed by atoms with Crippen LogP contribution in [0.25, 0.3) is 0 Å². The normalized spacial score (nSPS) is 22.3. The van der Waals surface area contributed by atoms with Gasteiger partial charge in [0.1, 0.15) is 0 Å². The average molecular weight is 180 g/mol. The first kappa shape index (κ1) is 10.8. The summed E-state index contributed by atoms with van der Waals surface area (Å²) in [5.41, 5.74) is 1.25. The molecule has 0 aromatic heterocycles. The molecule has 0 N–H and O–H groups in total. The zero-order valence-corrected chi connectivity index (χ0v) is 10.1. The van der Waals surface area contributed by atoms with Gasteiger partial charge in [-0.15, -0.1) is 0 Å². The Morgan fingerprint density at radius 3 is 1.23 bits per heavy atom. The van der Waals surface area contributed by atoms with Crippen LogP contribution >= 0.6 is 0 Å². The van der Waals surface area contributed by atoms with Crippen molar-refractivity contribution < 1.29 is 0 Å². The molecule has 76 valence electrons. The van der Waals surface area contributed by atoms with Crippen LogP contribution in [0.3, 0.4) is 0 Å².